The first-order valence-electron chi connectivity index (χ1n) is 6.98. The van der Waals surface area contributed by atoms with Gasteiger partial charge in [-0.3, -0.25) is 4.79 Å². The minimum absolute atomic E-state index is 0. The van der Waals surface area contributed by atoms with E-state index in [0.29, 0.717) is 28.9 Å². The first kappa shape index (κ1) is 18.6. The molecule has 1 amide bonds. The molecule has 6 heteroatoms. The summed E-state index contributed by atoms with van der Waals surface area (Å²) in [6.45, 7) is 1.98. The zero-order chi connectivity index (χ0) is 14.5. The molecular formula is C15H21Cl3N2O. The maximum atomic E-state index is 12.2. The van der Waals surface area contributed by atoms with Crippen molar-refractivity contribution < 1.29 is 4.79 Å². The monoisotopic (exact) mass is 350 g/mol. The Hall–Kier alpha value is -0.480. The zero-order valence-electron chi connectivity index (χ0n) is 12.1. The lowest BCUT2D eigenvalue weighted by Gasteiger charge is -2.31. The van der Waals surface area contributed by atoms with Crippen molar-refractivity contribution in [1.82, 2.24) is 10.2 Å². The number of benzene rings is 1. The summed E-state index contributed by atoms with van der Waals surface area (Å²) >= 11 is 12.0. The third-order valence-corrected chi connectivity index (χ3v) is 4.46. The molecule has 1 N–H and O–H groups in total. The average Bonchev–Trinajstić information content (AvgIpc) is 2.46. The molecule has 118 valence electrons. The van der Waals surface area contributed by atoms with Gasteiger partial charge in [0.15, 0.2) is 0 Å². The van der Waals surface area contributed by atoms with Crippen molar-refractivity contribution in [2.45, 2.75) is 31.7 Å². The Morgan fingerprint density at radius 1 is 1.33 bits per heavy atom. The molecule has 0 radical (unpaired) electrons. The first-order chi connectivity index (χ1) is 9.58. The molecule has 0 aliphatic carbocycles. The fraction of sp³-hybridized carbons (Fsp3) is 0.533. The van der Waals surface area contributed by atoms with Crippen LogP contribution in [0.5, 0.6) is 0 Å². The number of halogens is 3. The molecule has 0 saturated carbocycles. The molecule has 0 spiro atoms. The molecule has 0 bridgehead atoms. The second kappa shape index (κ2) is 8.84. The Morgan fingerprint density at radius 3 is 2.62 bits per heavy atom. The fourth-order valence-electron chi connectivity index (χ4n) is 2.54. The van der Waals surface area contributed by atoms with Gasteiger partial charge in [0.25, 0.3) is 0 Å². The summed E-state index contributed by atoms with van der Waals surface area (Å²) in [5.41, 5.74) is 0.975. The number of piperidine rings is 1. The van der Waals surface area contributed by atoms with E-state index in [2.05, 4.69) is 5.32 Å². The fourth-order valence-corrected chi connectivity index (χ4v) is 3.04. The Morgan fingerprint density at radius 2 is 2.00 bits per heavy atom. The highest BCUT2D eigenvalue weighted by atomic mass is 35.5. The van der Waals surface area contributed by atoms with Gasteiger partial charge in [0.2, 0.25) is 5.91 Å². The Balaban J connectivity index is 0.00000220. The lowest BCUT2D eigenvalue weighted by Crippen LogP contribution is -2.44. The Bertz CT molecular complexity index is 476. The van der Waals surface area contributed by atoms with Gasteiger partial charge >= 0.3 is 0 Å². The third kappa shape index (κ3) is 5.33. The largest absolute Gasteiger partial charge is 0.343 e. The molecule has 3 nitrogen and oxygen atoms in total. The van der Waals surface area contributed by atoms with Gasteiger partial charge in [-0.05, 0) is 50.0 Å². The molecule has 2 rings (SSSR count). The molecule has 1 aromatic carbocycles. The molecule has 1 aliphatic heterocycles. The number of aryl methyl sites for hydroxylation is 1. The summed E-state index contributed by atoms with van der Waals surface area (Å²) in [4.78, 5) is 14.1. The van der Waals surface area contributed by atoms with Crippen LogP contribution in [0.25, 0.3) is 0 Å². The van der Waals surface area contributed by atoms with Gasteiger partial charge in [-0.25, -0.2) is 0 Å². The average molecular weight is 352 g/mol. The molecule has 21 heavy (non-hydrogen) atoms. The van der Waals surface area contributed by atoms with Crippen molar-refractivity contribution in [2.75, 3.05) is 20.1 Å². The highest BCUT2D eigenvalue weighted by Crippen LogP contribution is 2.22. The molecular weight excluding hydrogens is 331 g/mol. The topological polar surface area (TPSA) is 32.3 Å². The van der Waals surface area contributed by atoms with E-state index in [4.69, 9.17) is 23.2 Å². The molecule has 1 heterocycles. The predicted molar refractivity (Wildman–Crippen MR) is 90.7 cm³/mol. The molecule has 0 aromatic heterocycles. The minimum Gasteiger partial charge on any atom is -0.343 e. The number of carbonyl (C=O) groups is 1. The number of hydrogen-bond acceptors (Lipinski definition) is 2. The second-order valence-corrected chi connectivity index (χ2v) is 6.07. The number of carbonyl (C=O) groups excluding carboxylic acids is 1. The highest BCUT2D eigenvalue weighted by molar-refractivity contribution is 6.35. The van der Waals surface area contributed by atoms with Crippen LogP contribution < -0.4 is 5.32 Å². The third-order valence-electron chi connectivity index (χ3n) is 3.87. The van der Waals surface area contributed by atoms with Crippen LogP contribution in [0.2, 0.25) is 10.0 Å². The van der Waals surface area contributed by atoms with Crippen LogP contribution in [0.3, 0.4) is 0 Å². The normalized spacial score (nSPS) is 15.4. The van der Waals surface area contributed by atoms with Crippen LogP contribution >= 0.6 is 35.6 Å². The van der Waals surface area contributed by atoms with Gasteiger partial charge in [-0.15, -0.1) is 12.4 Å². The molecule has 1 saturated heterocycles. The van der Waals surface area contributed by atoms with Gasteiger partial charge < -0.3 is 10.2 Å². The van der Waals surface area contributed by atoms with Crippen LogP contribution in [0.4, 0.5) is 0 Å². The van der Waals surface area contributed by atoms with E-state index >= 15 is 0 Å². The van der Waals surface area contributed by atoms with Crippen molar-refractivity contribution in [3.8, 4) is 0 Å². The summed E-state index contributed by atoms with van der Waals surface area (Å²) in [7, 11) is 1.90. The maximum Gasteiger partial charge on any atom is 0.222 e. The maximum absolute atomic E-state index is 12.2. The van der Waals surface area contributed by atoms with E-state index in [0.717, 1.165) is 31.5 Å². The van der Waals surface area contributed by atoms with Crippen LogP contribution in [0, 0.1) is 0 Å². The summed E-state index contributed by atoms with van der Waals surface area (Å²) in [5, 5.41) is 4.57. The lowest BCUT2D eigenvalue weighted by atomic mass is 10.0. The van der Waals surface area contributed by atoms with E-state index in [1.54, 1.807) is 6.07 Å². The number of nitrogens with zero attached hydrogens (tertiary/aromatic N) is 1. The Kier molecular flexibility index (Phi) is 7.82. The highest BCUT2D eigenvalue weighted by Gasteiger charge is 2.21. The predicted octanol–water partition coefficient (Wildman–Crippen LogP) is 3.56. The van der Waals surface area contributed by atoms with E-state index in [-0.39, 0.29) is 18.3 Å². The molecule has 1 fully saturated rings. The number of nitrogens with one attached hydrogen (secondary N) is 1. The van der Waals surface area contributed by atoms with Crippen LogP contribution in [-0.2, 0) is 11.2 Å². The van der Waals surface area contributed by atoms with E-state index < -0.39 is 0 Å². The minimum atomic E-state index is 0. The number of rotatable bonds is 4. The summed E-state index contributed by atoms with van der Waals surface area (Å²) in [5.74, 6) is 0.183. The van der Waals surface area contributed by atoms with Crippen LogP contribution in [0.15, 0.2) is 18.2 Å². The van der Waals surface area contributed by atoms with E-state index in [1.165, 1.54) is 0 Å². The van der Waals surface area contributed by atoms with Gasteiger partial charge in [0.1, 0.15) is 0 Å². The van der Waals surface area contributed by atoms with Crippen molar-refractivity contribution in [2.24, 2.45) is 0 Å². The van der Waals surface area contributed by atoms with Crippen molar-refractivity contribution in [3.63, 3.8) is 0 Å². The molecule has 0 atom stereocenters. The standard InChI is InChI=1S/C15H20Cl2N2O.ClH/c1-19(13-6-8-18-9-7-13)15(20)5-3-11-2-4-12(16)10-14(11)17;/h2,4,10,13,18H,3,5-9H2,1H3;1H. The number of hydrogen-bond donors (Lipinski definition) is 1. The lowest BCUT2D eigenvalue weighted by molar-refractivity contribution is -0.132. The van der Waals surface area contributed by atoms with Crippen molar-refractivity contribution in [3.05, 3.63) is 33.8 Å². The van der Waals surface area contributed by atoms with E-state index in [9.17, 15) is 4.79 Å². The van der Waals surface area contributed by atoms with Crippen molar-refractivity contribution in [1.29, 1.82) is 0 Å². The van der Waals surface area contributed by atoms with Crippen molar-refractivity contribution >= 4 is 41.5 Å². The molecule has 1 aliphatic rings. The Labute approximate surface area is 142 Å². The molecule has 0 unspecified atom stereocenters. The molecule has 1 aromatic rings. The quantitative estimate of drug-likeness (QED) is 0.899. The van der Waals surface area contributed by atoms with E-state index in [1.807, 2.05) is 24.1 Å². The summed E-state index contributed by atoms with van der Waals surface area (Å²) in [6.07, 6.45) is 3.21. The van der Waals surface area contributed by atoms with Gasteiger partial charge in [0, 0.05) is 29.6 Å². The second-order valence-electron chi connectivity index (χ2n) is 5.22. The zero-order valence-corrected chi connectivity index (χ0v) is 14.4. The van der Waals surface area contributed by atoms with Gasteiger partial charge in [0.05, 0.1) is 0 Å². The van der Waals surface area contributed by atoms with Crippen LogP contribution in [-0.4, -0.2) is 37.0 Å². The smallest absolute Gasteiger partial charge is 0.222 e. The first-order valence-corrected chi connectivity index (χ1v) is 7.74. The number of amides is 1. The summed E-state index contributed by atoms with van der Waals surface area (Å²) < 4.78 is 0. The van der Waals surface area contributed by atoms with Gasteiger partial charge in [-0.1, -0.05) is 29.3 Å². The summed E-state index contributed by atoms with van der Waals surface area (Å²) in [6, 6.07) is 5.79. The SMILES string of the molecule is CN(C(=O)CCc1ccc(Cl)cc1Cl)C1CCNCC1.Cl. The van der Waals surface area contributed by atoms with Gasteiger partial charge in [-0.2, -0.15) is 0 Å². The van der Waals surface area contributed by atoms with Crippen LogP contribution in [0.1, 0.15) is 24.8 Å².